The van der Waals surface area contributed by atoms with Crippen molar-refractivity contribution in [2.75, 3.05) is 27.8 Å². The van der Waals surface area contributed by atoms with Crippen molar-refractivity contribution in [1.82, 2.24) is 4.98 Å². The molecule has 3 aromatic rings. The summed E-state index contributed by atoms with van der Waals surface area (Å²) in [6, 6.07) is 14.5. The minimum Gasteiger partial charge on any atom is -0.508 e. The van der Waals surface area contributed by atoms with Crippen LogP contribution in [0.2, 0.25) is 0 Å². The average molecular weight is 410 g/mol. The van der Waals surface area contributed by atoms with E-state index >= 15 is 0 Å². The minimum absolute atomic E-state index is 0.130. The third kappa shape index (κ3) is 3.36. The second-order valence-electron chi connectivity index (χ2n) is 6.64. The van der Waals surface area contributed by atoms with Crippen LogP contribution in [0.5, 0.6) is 5.75 Å². The zero-order chi connectivity index (χ0) is 20.8. The number of phenolic OH excluding ortho intramolecular Hbond substituents is 1. The molecule has 1 aliphatic heterocycles. The first kappa shape index (κ1) is 18.8. The number of hydrogen-bond acceptors (Lipinski definition) is 6. The van der Waals surface area contributed by atoms with E-state index in [9.17, 15) is 18.3 Å². The molecule has 0 atom stereocenters. The Balaban J connectivity index is 1.90. The van der Waals surface area contributed by atoms with Crippen LogP contribution < -0.4 is 14.5 Å². The largest absolute Gasteiger partial charge is 0.508 e. The molecule has 1 aromatic heterocycles. The number of fused-ring (bicyclic) bond motifs is 2. The lowest BCUT2D eigenvalue weighted by atomic mass is 10.1. The van der Waals surface area contributed by atoms with Gasteiger partial charge in [0.15, 0.2) is 0 Å². The molecule has 0 saturated carbocycles. The molecular weight excluding hydrogens is 392 g/mol. The van der Waals surface area contributed by atoms with Crippen LogP contribution in [0.4, 0.5) is 28.6 Å². The number of phenols is 1. The Kier molecular flexibility index (Phi) is 4.39. The van der Waals surface area contributed by atoms with E-state index in [1.807, 2.05) is 0 Å². The summed E-state index contributed by atoms with van der Waals surface area (Å²) in [6.45, 7) is 0. The van der Waals surface area contributed by atoms with E-state index in [-0.39, 0.29) is 22.9 Å². The summed E-state index contributed by atoms with van der Waals surface area (Å²) in [5.74, 6) is 0.197. The van der Waals surface area contributed by atoms with Gasteiger partial charge in [0.2, 0.25) is 10.0 Å². The second kappa shape index (κ2) is 6.78. The van der Waals surface area contributed by atoms with Gasteiger partial charge in [0.05, 0.1) is 35.1 Å². The molecule has 2 heterocycles. The molecule has 9 heteroatoms. The SMILES string of the molecule is CN1C(=O)c2ccccc2N(S(C)(=O)=O)c2cc(Nc3ccc(O)cc3)ncc21. The number of aromatic nitrogens is 1. The molecule has 0 fully saturated rings. The summed E-state index contributed by atoms with van der Waals surface area (Å²) in [5, 5.41) is 12.5. The van der Waals surface area contributed by atoms with Crippen molar-refractivity contribution < 1.29 is 18.3 Å². The molecule has 0 saturated heterocycles. The van der Waals surface area contributed by atoms with Crippen molar-refractivity contribution in [3.05, 3.63) is 66.4 Å². The van der Waals surface area contributed by atoms with E-state index in [0.717, 1.165) is 10.6 Å². The van der Waals surface area contributed by atoms with Gasteiger partial charge in [-0.05, 0) is 36.4 Å². The van der Waals surface area contributed by atoms with Gasteiger partial charge >= 0.3 is 0 Å². The van der Waals surface area contributed by atoms with Gasteiger partial charge in [0.25, 0.3) is 5.91 Å². The maximum absolute atomic E-state index is 12.9. The summed E-state index contributed by atoms with van der Waals surface area (Å²) in [6.07, 6.45) is 2.55. The van der Waals surface area contributed by atoms with Crippen LogP contribution in [0.1, 0.15) is 10.4 Å². The van der Waals surface area contributed by atoms with E-state index in [1.165, 1.54) is 23.2 Å². The average Bonchev–Trinajstić information content (AvgIpc) is 2.77. The second-order valence-corrected chi connectivity index (χ2v) is 8.47. The Morgan fingerprint density at radius 2 is 1.69 bits per heavy atom. The van der Waals surface area contributed by atoms with E-state index in [2.05, 4.69) is 10.3 Å². The van der Waals surface area contributed by atoms with Gasteiger partial charge in [0, 0.05) is 18.8 Å². The highest BCUT2D eigenvalue weighted by atomic mass is 32.2. The Hall–Kier alpha value is -3.59. The number of pyridine rings is 1. The molecule has 1 aliphatic rings. The number of para-hydroxylation sites is 1. The van der Waals surface area contributed by atoms with Crippen molar-refractivity contribution in [2.45, 2.75) is 0 Å². The van der Waals surface area contributed by atoms with Crippen molar-refractivity contribution in [1.29, 1.82) is 0 Å². The molecule has 2 aromatic carbocycles. The van der Waals surface area contributed by atoms with Crippen LogP contribution in [-0.4, -0.2) is 37.7 Å². The first-order valence-electron chi connectivity index (χ1n) is 8.69. The Morgan fingerprint density at radius 1 is 1.00 bits per heavy atom. The summed E-state index contributed by atoms with van der Waals surface area (Å²) in [7, 11) is -2.17. The molecule has 1 amide bonds. The lowest BCUT2D eigenvalue weighted by Gasteiger charge is -2.24. The van der Waals surface area contributed by atoms with Gasteiger partial charge in [-0.3, -0.25) is 4.79 Å². The number of anilines is 5. The zero-order valence-electron chi connectivity index (χ0n) is 15.7. The monoisotopic (exact) mass is 410 g/mol. The Labute approximate surface area is 168 Å². The Bertz CT molecular complexity index is 1210. The highest BCUT2D eigenvalue weighted by Gasteiger charge is 2.33. The fraction of sp³-hybridized carbons (Fsp3) is 0.100. The van der Waals surface area contributed by atoms with E-state index in [0.29, 0.717) is 22.9 Å². The van der Waals surface area contributed by atoms with Crippen molar-refractivity contribution in [3.63, 3.8) is 0 Å². The number of rotatable bonds is 3. The lowest BCUT2D eigenvalue weighted by Crippen LogP contribution is -2.25. The molecule has 0 radical (unpaired) electrons. The highest BCUT2D eigenvalue weighted by Crippen LogP contribution is 2.42. The first-order chi connectivity index (χ1) is 13.8. The topological polar surface area (TPSA) is 103 Å². The molecular formula is C20H18N4O4S. The molecule has 8 nitrogen and oxygen atoms in total. The number of benzene rings is 2. The molecule has 0 aliphatic carbocycles. The van der Waals surface area contributed by atoms with Crippen LogP contribution in [0, 0.1) is 0 Å². The van der Waals surface area contributed by atoms with E-state index < -0.39 is 10.0 Å². The summed E-state index contributed by atoms with van der Waals surface area (Å²) >= 11 is 0. The normalized spacial score (nSPS) is 13.5. The quantitative estimate of drug-likeness (QED) is 0.643. The summed E-state index contributed by atoms with van der Waals surface area (Å²) in [4.78, 5) is 18.6. The number of carbonyl (C=O) groups is 1. The predicted molar refractivity (Wildman–Crippen MR) is 112 cm³/mol. The van der Waals surface area contributed by atoms with E-state index in [1.54, 1.807) is 49.5 Å². The molecule has 2 N–H and O–H groups in total. The van der Waals surface area contributed by atoms with Gasteiger partial charge in [-0.2, -0.15) is 0 Å². The minimum atomic E-state index is -3.75. The fourth-order valence-electron chi connectivity index (χ4n) is 3.23. The zero-order valence-corrected chi connectivity index (χ0v) is 16.5. The predicted octanol–water partition coefficient (Wildman–Crippen LogP) is 3.22. The number of hydrogen-bond donors (Lipinski definition) is 2. The molecule has 0 spiro atoms. The maximum Gasteiger partial charge on any atom is 0.260 e. The van der Waals surface area contributed by atoms with Gasteiger partial charge < -0.3 is 15.3 Å². The molecule has 148 valence electrons. The van der Waals surface area contributed by atoms with Crippen LogP contribution in [0.25, 0.3) is 0 Å². The number of nitrogens with one attached hydrogen (secondary N) is 1. The first-order valence-corrected chi connectivity index (χ1v) is 10.5. The molecule has 0 bridgehead atoms. The smallest absolute Gasteiger partial charge is 0.260 e. The fourth-order valence-corrected chi connectivity index (χ4v) is 4.25. The van der Waals surface area contributed by atoms with Crippen LogP contribution in [-0.2, 0) is 10.0 Å². The number of carbonyl (C=O) groups excluding carboxylic acids is 1. The van der Waals surface area contributed by atoms with E-state index in [4.69, 9.17) is 0 Å². The number of nitrogens with zero attached hydrogens (tertiary/aromatic N) is 3. The standard InChI is InChI=1S/C20H18N4O4S/c1-23-18-12-21-19(22-13-7-9-14(25)10-8-13)11-17(18)24(29(2,27)28)16-6-4-3-5-15(16)20(23)26/h3-12,25H,1-2H3,(H,21,22). The van der Waals surface area contributed by atoms with Gasteiger partial charge in [-0.15, -0.1) is 0 Å². The summed E-state index contributed by atoms with van der Waals surface area (Å²) in [5.41, 5.74) is 1.91. The number of sulfonamides is 1. The molecule has 29 heavy (non-hydrogen) atoms. The lowest BCUT2D eigenvalue weighted by molar-refractivity contribution is 0.0994. The molecule has 4 rings (SSSR count). The maximum atomic E-state index is 12.9. The van der Waals surface area contributed by atoms with Crippen LogP contribution in [0.15, 0.2) is 60.8 Å². The van der Waals surface area contributed by atoms with Crippen LogP contribution in [0.3, 0.4) is 0 Å². The van der Waals surface area contributed by atoms with Gasteiger partial charge in [-0.1, -0.05) is 12.1 Å². The molecule has 0 unspecified atom stereocenters. The van der Waals surface area contributed by atoms with Gasteiger partial charge in [0.1, 0.15) is 11.6 Å². The van der Waals surface area contributed by atoms with Crippen LogP contribution >= 0.6 is 0 Å². The number of amides is 1. The van der Waals surface area contributed by atoms with Crippen molar-refractivity contribution >= 4 is 44.5 Å². The van der Waals surface area contributed by atoms with Gasteiger partial charge in [-0.25, -0.2) is 17.7 Å². The Morgan fingerprint density at radius 3 is 2.38 bits per heavy atom. The van der Waals surface area contributed by atoms with Crippen molar-refractivity contribution in [2.24, 2.45) is 0 Å². The van der Waals surface area contributed by atoms with Crippen molar-refractivity contribution in [3.8, 4) is 5.75 Å². The highest BCUT2D eigenvalue weighted by molar-refractivity contribution is 7.92. The summed E-state index contributed by atoms with van der Waals surface area (Å²) < 4.78 is 26.6. The number of aromatic hydroxyl groups is 1. The third-order valence-electron chi connectivity index (χ3n) is 4.57. The third-order valence-corrected chi connectivity index (χ3v) is 5.63.